The highest BCUT2D eigenvalue weighted by molar-refractivity contribution is 5.79. The topological polar surface area (TPSA) is 23.6 Å². The minimum absolute atomic E-state index is 0.253. The molecule has 2 aliphatic heterocycles. The number of hydrogen-bond acceptors (Lipinski definition) is 2. The largest absolute Gasteiger partial charge is 0.341 e. The number of nitrogens with zero attached hydrogens (tertiary/aromatic N) is 2. The van der Waals surface area contributed by atoms with Crippen LogP contribution in [0.3, 0.4) is 0 Å². The van der Waals surface area contributed by atoms with Crippen LogP contribution in [0, 0.1) is 29.1 Å². The zero-order chi connectivity index (χ0) is 17.6. The van der Waals surface area contributed by atoms with Crippen LogP contribution in [-0.2, 0) is 4.79 Å². The van der Waals surface area contributed by atoms with Gasteiger partial charge >= 0.3 is 0 Å². The number of amides is 1. The Balaban J connectivity index is 1.74. The molecule has 2 fully saturated rings. The van der Waals surface area contributed by atoms with Crippen molar-refractivity contribution >= 4 is 5.91 Å². The van der Waals surface area contributed by atoms with Crippen molar-refractivity contribution in [2.45, 2.75) is 66.2 Å². The van der Waals surface area contributed by atoms with E-state index < -0.39 is 0 Å². The zero-order valence-corrected chi connectivity index (χ0v) is 16.2. The van der Waals surface area contributed by atoms with E-state index in [-0.39, 0.29) is 5.92 Å². The number of hydrogen-bond donors (Lipinski definition) is 0. The molecule has 0 aromatic carbocycles. The average Bonchev–Trinajstić information content (AvgIpc) is 2.57. The van der Waals surface area contributed by atoms with Crippen LogP contribution in [0.2, 0.25) is 0 Å². The fourth-order valence-corrected chi connectivity index (χ4v) is 3.96. The van der Waals surface area contributed by atoms with E-state index in [4.69, 9.17) is 0 Å². The number of carbonyl (C=O) groups is 1. The van der Waals surface area contributed by atoms with Crippen LogP contribution in [0.15, 0.2) is 0 Å². The Morgan fingerprint density at radius 3 is 2.33 bits per heavy atom. The second kappa shape index (κ2) is 8.90. The van der Waals surface area contributed by atoms with E-state index in [1.165, 1.54) is 12.8 Å². The van der Waals surface area contributed by atoms with E-state index in [2.05, 4.69) is 49.3 Å². The summed E-state index contributed by atoms with van der Waals surface area (Å²) in [5.41, 5.74) is 0.417. The molecule has 136 valence electrons. The fourth-order valence-electron chi connectivity index (χ4n) is 3.96. The molecule has 1 amide bonds. The molecule has 2 heterocycles. The summed E-state index contributed by atoms with van der Waals surface area (Å²) in [5, 5.41) is 0. The molecule has 0 bridgehead atoms. The first-order valence-electron chi connectivity index (χ1n) is 10.0. The SMILES string of the molecule is CCCC(CC)C(=O)N1CC2(CCN(CC#CC(C)CC)CC2)C1. The summed E-state index contributed by atoms with van der Waals surface area (Å²) in [6.07, 6.45) is 6.73. The maximum atomic E-state index is 12.6. The molecule has 2 aliphatic rings. The number of rotatable bonds is 6. The molecule has 0 saturated carbocycles. The quantitative estimate of drug-likeness (QED) is 0.691. The highest BCUT2D eigenvalue weighted by atomic mass is 16.2. The van der Waals surface area contributed by atoms with Gasteiger partial charge in [0, 0.05) is 30.3 Å². The lowest BCUT2D eigenvalue weighted by Crippen LogP contribution is -2.62. The molecule has 0 aliphatic carbocycles. The van der Waals surface area contributed by atoms with Crippen LogP contribution >= 0.6 is 0 Å². The molecule has 24 heavy (non-hydrogen) atoms. The highest BCUT2D eigenvalue weighted by Gasteiger charge is 2.47. The number of carbonyl (C=O) groups excluding carboxylic acids is 1. The standard InChI is InChI=1S/C21H36N2O/c1-5-9-19(7-3)20(24)23-16-21(17-23)11-14-22(15-12-21)13-8-10-18(4)6-2/h18-19H,5-7,9,11-17H2,1-4H3. The highest BCUT2D eigenvalue weighted by Crippen LogP contribution is 2.41. The van der Waals surface area contributed by atoms with Crippen molar-refractivity contribution in [3.05, 3.63) is 0 Å². The number of likely N-dealkylation sites (tertiary alicyclic amines) is 2. The fraction of sp³-hybridized carbons (Fsp3) is 0.857. The molecule has 2 saturated heterocycles. The van der Waals surface area contributed by atoms with Crippen LogP contribution in [0.1, 0.15) is 66.2 Å². The van der Waals surface area contributed by atoms with E-state index >= 15 is 0 Å². The zero-order valence-electron chi connectivity index (χ0n) is 16.2. The normalized spacial score (nSPS) is 22.4. The molecule has 0 N–H and O–H groups in total. The third kappa shape index (κ3) is 4.76. The predicted octanol–water partition coefficient (Wildman–Crippen LogP) is 3.79. The van der Waals surface area contributed by atoms with Crippen LogP contribution in [0.25, 0.3) is 0 Å². The summed E-state index contributed by atoms with van der Waals surface area (Å²) >= 11 is 0. The van der Waals surface area contributed by atoms with Crippen molar-refractivity contribution in [3.63, 3.8) is 0 Å². The van der Waals surface area contributed by atoms with Gasteiger partial charge in [-0.1, -0.05) is 46.0 Å². The van der Waals surface area contributed by atoms with Crippen LogP contribution in [-0.4, -0.2) is 48.4 Å². The first-order valence-corrected chi connectivity index (χ1v) is 10.0. The van der Waals surface area contributed by atoms with Gasteiger partial charge in [-0.2, -0.15) is 0 Å². The Morgan fingerprint density at radius 1 is 1.12 bits per heavy atom. The van der Waals surface area contributed by atoms with Gasteiger partial charge in [-0.25, -0.2) is 0 Å². The molecular weight excluding hydrogens is 296 g/mol. The molecule has 3 heteroatoms. The van der Waals surface area contributed by atoms with Crippen LogP contribution in [0.4, 0.5) is 0 Å². The average molecular weight is 333 g/mol. The van der Waals surface area contributed by atoms with Gasteiger partial charge < -0.3 is 4.90 Å². The molecule has 2 rings (SSSR count). The second-order valence-electron chi connectivity index (χ2n) is 7.99. The molecule has 1 spiro atoms. The van der Waals surface area contributed by atoms with Crippen LogP contribution in [0.5, 0.6) is 0 Å². The van der Waals surface area contributed by atoms with Crippen molar-refractivity contribution in [1.29, 1.82) is 0 Å². The summed E-state index contributed by atoms with van der Waals surface area (Å²) in [5.74, 6) is 7.86. The third-order valence-corrected chi connectivity index (χ3v) is 6.02. The monoisotopic (exact) mass is 332 g/mol. The van der Waals surface area contributed by atoms with Crippen molar-refractivity contribution in [2.24, 2.45) is 17.3 Å². The van der Waals surface area contributed by atoms with Crippen molar-refractivity contribution in [3.8, 4) is 11.8 Å². The van der Waals surface area contributed by atoms with Crippen molar-refractivity contribution in [1.82, 2.24) is 9.80 Å². The maximum absolute atomic E-state index is 12.6. The molecular formula is C21H36N2O. The van der Waals surface area contributed by atoms with Crippen molar-refractivity contribution in [2.75, 3.05) is 32.7 Å². The van der Waals surface area contributed by atoms with Gasteiger partial charge in [-0.15, -0.1) is 0 Å². The molecule has 0 aromatic heterocycles. The molecule has 2 unspecified atom stereocenters. The molecule has 2 atom stereocenters. The Morgan fingerprint density at radius 2 is 1.79 bits per heavy atom. The molecule has 0 aromatic rings. The molecule has 3 nitrogen and oxygen atoms in total. The summed E-state index contributed by atoms with van der Waals surface area (Å²) in [7, 11) is 0. The summed E-state index contributed by atoms with van der Waals surface area (Å²) in [6.45, 7) is 13.9. The first kappa shape index (κ1) is 19.3. The summed E-state index contributed by atoms with van der Waals surface area (Å²) in [4.78, 5) is 17.2. The minimum atomic E-state index is 0.253. The predicted molar refractivity (Wildman–Crippen MR) is 101 cm³/mol. The van der Waals surface area contributed by atoms with Gasteiger partial charge in [-0.05, 0) is 45.2 Å². The lowest BCUT2D eigenvalue weighted by molar-refractivity contribution is -0.151. The van der Waals surface area contributed by atoms with Crippen LogP contribution < -0.4 is 0 Å². The Kier molecular flexibility index (Phi) is 7.16. The van der Waals surface area contributed by atoms with Gasteiger partial charge in [0.2, 0.25) is 5.91 Å². The van der Waals surface area contributed by atoms with E-state index in [1.807, 2.05) is 0 Å². The van der Waals surface area contributed by atoms with Crippen molar-refractivity contribution < 1.29 is 4.79 Å². The maximum Gasteiger partial charge on any atom is 0.225 e. The van der Waals surface area contributed by atoms with E-state index in [0.717, 1.165) is 58.4 Å². The Hall–Kier alpha value is -1.01. The lowest BCUT2D eigenvalue weighted by atomic mass is 9.71. The second-order valence-corrected chi connectivity index (χ2v) is 7.99. The minimum Gasteiger partial charge on any atom is -0.341 e. The van der Waals surface area contributed by atoms with Gasteiger partial charge in [0.1, 0.15) is 0 Å². The third-order valence-electron chi connectivity index (χ3n) is 6.02. The van der Waals surface area contributed by atoms with E-state index in [1.54, 1.807) is 0 Å². The lowest BCUT2D eigenvalue weighted by Gasteiger charge is -2.54. The van der Waals surface area contributed by atoms with Gasteiger partial charge in [0.15, 0.2) is 0 Å². The van der Waals surface area contributed by atoms with Gasteiger partial charge in [-0.3, -0.25) is 9.69 Å². The smallest absolute Gasteiger partial charge is 0.225 e. The summed E-state index contributed by atoms with van der Waals surface area (Å²) < 4.78 is 0. The van der Waals surface area contributed by atoms with Gasteiger partial charge in [0.25, 0.3) is 0 Å². The van der Waals surface area contributed by atoms with Gasteiger partial charge in [0.05, 0.1) is 6.54 Å². The Bertz CT molecular complexity index is 460. The number of piperidine rings is 1. The Labute approximate surface area is 149 Å². The molecule has 0 radical (unpaired) electrons. The summed E-state index contributed by atoms with van der Waals surface area (Å²) in [6, 6.07) is 0. The van der Waals surface area contributed by atoms with E-state index in [0.29, 0.717) is 17.2 Å². The van der Waals surface area contributed by atoms with E-state index in [9.17, 15) is 4.79 Å². The first-order chi connectivity index (χ1) is 11.5.